The molecule has 46 heavy (non-hydrogen) atoms. The number of rotatable bonds is 12. The number of hydrogen-bond donors (Lipinski definition) is 2. The minimum Gasteiger partial charge on any atom is -0.325 e. The van der Waals surface area contributed by atoms with E-state index in [1.807, 2.05) is 60.7 Å². The van der Waals surface area contributed by atoms with Gasteiger partial charge in [0.05, 0.1) is 22.9 Å². The van der Waals surface area contributed by atoms with Gasteiger partial charge in [-0.25, -0.2) is 0 Å². The van der Waals surface area contributed by atoms with E-state index in [2.05, 4.69) is 41.7 Å². The van der Waals surface area contributed by atoms with Crippen molar-refractivity contribution in [1.82, 2.24) is 40.4 Å². The molecule has 0 bridgehead atoms. The van der Waals surface area contributed by atoms with E-state index < -0.39 is 0 Å². The largest absolute Gasteiger partial charge is 0.325 e. The summed E-state index contributed by atoms with van der Waals surface area (Å²) in [5.41, 5.74) is 3.61. The number of carbonyl (C=O) groups excluding carboxylic acids is 3. The van der Waals surface area contributed by atoms with Gasteiger partial charge in [-0.3, -0.25) is 14.4 Å². The second-order valence-electron chi connectivity index (χ2n) is 9.58. The number of aromatic nitrogens is 8. The lowest BCUT2D eigenvalue weighted by atomic mass is 10.0. The lowest BCUT2D eigenvalue weighted by Crippen LogP contribution is -2.15. The predicted molar refractivity (Wildman–Crippen MR) is 173 cm³/mol. The molecule has 15 heteroatoms. The quantitative estimate of drug-likeness (QED) is 0.143. The molecule has 0 unspecified atom stereocenters. The van der Waals surface area contributed by atoms with Crippen LogP contribution in [0, 0.1) is 0 Å². The van der Waals surface area contributed by atoms with E-state index in [-0.39, 0.29) is 29.1 Å². The Kier molecular flexibility index (Phi) is 9.51. The first-order valence-corrected chi connectivity index (χ1v) is 15.8. The summed E-state index contributed by atoms with van der Waals surface area (Å²) in [6, 6.07) is 32.1. The zero-order valence-electron chi connectivity index (χ0n) is 23.9. The van der Waals surface area contributed by atoms with Crippen LogP contribution in [-0.2, 0) is 9.59 Å². The van der Waals surface area contributed by atoms with Crippen LogP contribution in [0.3, 0.4) is 0 Å². The second-order valence-corrected chi connectivity index (χ2v) is 11.5. The molecule has 0 atom stereocenters. The number of nitrogens with one attached hydrogen (secondary N) is 2. The van der Waals surface area contributed by atoms with E-state index >= 15 is 0 Å². The summed E-state index contributed by atoms with van der Waals surface area (Å²) in [4.78, 5) is 38.2. The highest BCUT2D eigenvalue weighted by Gasteiger charge is 2.14. The number of carbonyl (C=O) groups is 3. The number of ketones is 1. The first-order valence-electron chi connectivity index (χ1n) is 13.8. The van der Waals surface area contributed by atoms with E-state index in [1.165, 1.54) is 23.5 Å². The molecule has 0 fully saturated rings. The number of benzene rings is 4. The summed E-state index contributed by atoms with van der Waals surface area (Å²) >= 11 is 2.42. The van der Waals surface area contributed by atoms with Crippen molar-refractivity contribution in [2.24, 2.45) is 0 Å². The molecule has 2 heterocycles. The van der Waals surface area contributed by atoms with E-state index in [9.17, 15) is 14.4 Å². The highest BCUT2D eigenvalue weighted by Crippen LogP contribution is 2.21. The molecule has 6 rings (SSSR count). The highest BCUT2D eigenvalue weighted by molar-refractivity contribution is 8.00. The lowest BCUT2D eigenvalue weighted by molar-refractivity contribution is -0.114. The number of amides is 2. The van der Waals surface area contributed by atoms with E-state index in [1.54, 1.807) is 57.9 Å². The fourth-order valence-electron chi connectivity index (χ4n) is 4.23. The van der Waals surface area contributed by atoms with Gasteiger partial charge in [-0.15, -0.1) is 10.2 Å². The Morgan fingerprint density at radius 1 is 0.543 bits per heavy atom. The van der Waals surface area contributed by atoms with Crippen LogP contribution in [0.15, 0.2) is 120 Å². The van der Waals surface area contributed by atoms with Gasteiger partial charge in [-0.05, 0) is 93.6 Å². The molecule has 4 aromatic carbocycles. The number of anilines is 2. The van der Waals surface area contributed by atoms with Crippen molar-refractivity contribution in [3.8, 4) is 11.4 Å². The first kappa shape index (κ1) is 30.4. The molecule has 2 amide bonds. The summed E-state index contributed by atoms with van der Waals surface area (Å²) in [6.45, 7) is 0. The monoisotopic (exact) mass is 648 g/mol. The van der Waals surface area contributed by atoms with Crippen LogP contribution in [0.1, 0.15) is 15.9 Å². The van der Waals surface area contributed by atoms with Crippen molar-refractivity contribution >= 4 is 52.5 Å². The maximum atomic E-state index is 13.1. The maximum absolute atomic E-state index is 13.1. The van der Waals surface area contributed by atoms with Crippen LogP contribution in [0.2, 0.25) is 0 Å². The summed E-state index contributed by atoms with van der Waals surface area (Å²) in [5.74, 6) is -0.471. The molecule has 0 spiro atoms. The normalized spacial score (nSPS) is 10.8. The Hall–Kier alpha value is -5.67. The number of tetrazole rings is 2. The van der Waals surface area contributed by atoms with Crippen LogP contribution in [0.4, 0.5) is 11.4 Å². The highest BCUT2D eigenvalue weighted by atomic mass is 32.2. The Bertz CT molecular complexity index is 1810. The third-order valence-corrected chi connectivity index (χ3v) is 8.25. The van der Waals surface area contributed by atoms with Gasteiger partial charge in [-0.1, -0.05) is 59.9 Å². The van der Waals surface area contributed by atoms with E-state index in [0.717, 1.165) is 11.4 Å². The maximum Gasteiger partial charge on any atom is 0.234 e. The van der Waals surface area contributed by atoms with Gasteiger partial charge in [0.2, 0.25) is 22.1 Å². The molecule has 0 aliphatic heterocycles. The minimum atomic E-state index is -0.238. The van der Waals surface area contributed by atoms with Crippen molar-refractivity contribution in [2.75, 3.05) is 22.1 Å². The van der Waals surface area contributed by atoms with Crippen molar-refractivity contribution in [3.63, 3.8) is 0 Å². The van der Waals surface area contributed by atoms with Gasteiger partial charge in [-0.2, -0.15) is 9.36 Å². The van der Waals surface area contributed by atoms with Gasteiger partial charge < -0.3 is 10.6 Å². The summed E-state index contributed by atoms with van der Waals surface area (Å²) in [6.07, 6.45) is 0. The second kappa shape index (κ2) is 14.4. The predicted octanol–water partition coefficient (Wildman–Crippen LogP) is 4.33. The van der Waals surface area contributed by atoms with E-state index in [0.29, 0.717) is 32.8 Å². The third-order valence-electron chi connectivity index (χ3n) is 6.41. The molecule has 0 aliphatic rings. The van der Waals surface area contributed by atoms with Crippen LogP contribution in [0.25, 0.3) is 11.4 Å². The van der Waals surface area contributed by atoms with Gasteiger partial charge in [0.1, 0.15) is 0 Å². The average Bonchev–Trinajstić information content (AvgIpc) is 3.78. The molecular formula is C31H24N10O3S2. The molecule has 0 saturated carbocycles. The lowest BCUT2D eigenvalue weighted by Gasteiger charge is -2.08. The number of thioether (sulfide) groups is 2. The fourth-order valence-corrected chi connectivity index (χ4v) is 5.61. The van der Waals surface area contributed by atoms with Gasteiger partial charge >= 0.3 is 0 Å². The standard InChI is InChI=1S/C31H24N10O3S2/c42-27(19-45-30-34-36-38-40(30)25-7-3-1-4-8-25)32-23-15-11-21(12-16-23)29(44)22-13-17-24(18-14-22)33-28(43)20-46-31-35-37-39-41(31)26-9-5-2-6-10-26/h1-18H,19-20H2,(H,32,42)(H,33,43). The number of para-hydroxylation sites is 2. The molecule has 13 nitrogen and oxygen atoms in total. The molecule has 0 aliphatic carbocycles. The van der Waals surface area contributed by atoms with Crippen molar-refractivity contribution < 1.29 is 14.4 Å². The Morgan fingerprint density at radius 3 is 1.33 bits per heavy atom. The van der Waals surface area contributed by atoms with Crippen molar-refractivity contribution in [3.05, 3.63) is 120 Å². The fraction of sp³-hybridized carbons (Fsp3) is 0.0645. The Labute approximate surface area is 270 Å². The zero-order chi connectivity index (χ0) is 31.7. The molecule has 0 saturated heterocycles. The first-order chi connectivity index (χ1) is 22.5. The van der Waals surface area contributed by atoms with Crippen molar-refractivity contribution in [1.29, 1.82) is 0 Å². The minimum absolute atomic E-state index is 0.0992. The third kappa shape index (κ3) is 7.51. The zero-order valence-corrected chi connectivity index (χ0v) is 25.6. The SMILES string of the molecule is O=C(CSc1nnnn1-c1ccccc1)Nc1ccc(C(=O)c2ccc(NC(=O)CSc3nnnn3-c3ccccc3)cc2)cc1. The average molecular weight is 649 g/mol. The molecule has 228 valence electrons. The molecule has 6 aromatic rings. The summed E-state index contributed by atoms with van der Waals surface area (Å²) < 4.78 is 3.14. The summed E-state index contributed by atoms with van der Waals surface area (Å²) in [7, 11) is 0. The molecular weight excluding hydrogens is 625 g/mol. The molecule has 0 radical (unpaired) electrons. The van der Waals surface area contributed by atoms with Crippen LogP contribution in [-0.4, -0.2) is 69.5 Å². The van der Waals surface area contributed by atoms with Gasteiger partial charge in [0.15, 0.2) is 5.78 Å². The Balaban J connectivity index is 0.980. The van der Waals surface area contributed by atoms with Crippen LogP contribution in [0.5, 0.6) is 0 Å². The smallest absolute Gasteiger partial charge is 0.234 e. The number of nitrogens with zero attached hydrogens (tertiary/aromatic N) is 8. The van der Waals surface area contributed by atoms with Crippen LogP contribution < -0.4 is 10.6 Å². The molecule has 2 aromatic heterocycles. The van der Waals surface area contributed by atoms with E-state index in [4.69, 9.17) is 0 Å². The number of hydrogen-bond acceptors (Lipinski definition) is 11. The van der Waals surface area contributed by atoms with Crippen molar-refractivity contribution in [2.45, 2.75) is 10.3 Å². The topological polar surface area (TPSA) is 162 Å². The Morgan fingerprint density at radius 2 is 0.935 bits per heavy atom. The summed E-state index contributed by atoms with van der Waals surface area (Å²) in [5, 5.41) is 30.0. The van der Waals surface area contributed by atoms with Crippen LogP contribution >= 0.6 is 23.5 Å². The molecule has 2 N–H and O–H groups in total. The van der Waals surface area contributed by atoms with Gasteiger partial charge in [0, 0.05) is 22.5 Å². The van der Waals surface area contributed by atoms with Gasteiger partial charge in [0.25, 0.3) is 0 Å².